The summed E-state index contributed by atoms with van der Waals surface area (Å²) in [4.78, 5) is 13.6. The molecule has 1 aromatic heterocycles. The zero-order valence-corrected chi connectivity index (χ0v) is 6.44. The summed E-state index contributed by atoms with van der Waals surface area (Å²) in [5.41, 5.74) is 5.31. The van der Waals surface area contributed by atoms with Gasteiger partial charge in [0.15, 0.2) is 0 Å². The Morgan fingerprint density at radius 3 is 2.83 bits per heavy atom. The maximum Gasteiger partial charge on any atom is 0.333 e. The Morgan fingerprint density at radius 2 is 2.42 bits per heavy atom. The molecule has 0 aromatic carbocycles. The molecular formula is C6H8N4O2. The van der Waals surface area contributed by atoms with Gasteiger partial charge in [0.05, 0.1) is 4.92 Å². The van der Waals surface area contributed by atoms with Gasteiger partial charge in [-0.2, -0.15) is 0 Å². The Balaban J connectivity index is 3.29. The highest BCUT2D eigenvalue weighted by atomic mass is 16.6. The van der Waals surface area contributed by atoms with Gasteiger partial charge in [0.1, 0.15) is 5.69 Å². The number of aromatic nitrogens is 1. The molecule has 3 N–H and O–H groups in total. The first kappa shape index (κ1) is 8.25. The number of nitrogens with zero attached hydrogens (tertiary/aromatic N) is 2. The van der Waals surface area contributed by atoms with Crippen LogP contribution in [-0.2, 0) is 0 Å². The Kier molecular flexibility index (Phi) is 2.09. The van der Waals surface area contributed by atoms with E-state index in [-0.39, 0.29) is 17.2 Å². The molecule has 1 heterocycles. The fraction of sp³-hybridized carbons (Fsp3) is 0.167. The molecule has 6 nitrogen and oxygen atoms in total. The van der Waals surface area contributed by atoms with Crippen molar-refractivity contribution in [1.29, 1.82) is 0 Å². The molecule has 0 saturated carbocycles. The van der Waals surface area contributed by atoms with Crippen LogP contribution in [-0.4, -0.2) is 17.0 Å². The number of nitro groups is 1. The van der Waals surface area contributed by atoms with Crippen molar-refractivity contribution in [2.45, 2.75) is 0 Å². The summed E-state index contributed by atoms with van der Waals surface area (Å²) in [6.07, 6.45) is 1.41. The summed E-state index contributed by atoms with van der Waals surface area (Å²) in [6, 6.07) is 1.39. The summed E-state index contributed by atoms with van der Waals surface area (Å²) in [6.45, 7) is 0. The SMILES string of the molecule is CNc1nccc(N)c1[N+](=O)[O-]. The van der Waals surface area contributed by atoms with Crippen LogP contribution in [0.4, 0.5) is 17.2 Å². The predicted octanol–water partition coefficient (Wildman–Crippen LogP) is 0.614. The molecule has 0 aliphatic rings. The number of nitrogen functional groups attached to an aromatic ring is 1. The van der Waals surface area contributed by atoms with Gasteiger partial charge in [0.2, 0.25) is 5.82 Å². The van der Waals surface area contributed by atoms with E-state index in [0.29, 0.717) is 0 Å². The van der Waals surface area contributed by atoms with Crippen molar-refractivity contribution in [3.8, 4) is 0 Å². The van der Waals surface area contributed by atoms with Crippen molar-refractivity contribution in [3.63, 3.8) is 0 Å². The Morgan fingerprint density at radius 1 is 1.75 bits per heavy atom. The van der Waals surface area contributed by atoms with Crippen molar-refractivity contribution >= 4 is 17.2 Å². The Bertz CT molecular complexity index is 312. The summed E-state index contributed by atoms with van der Waals surface area (Å²) in [7, 11) is 1.55. The molecule has 0 unspecified atom stereocenters. The first-order valence-electron chi connectivity index (χ1n) is 3.23. The normalized spacial score (nSPS) is 9.42. The van der Waals surface area contributed by atoms with E-state index in [1.54, 1.807) is 7.05 Å². The van der Waals surface area contributed by atoms with Gasteiger partial charge in [-0.15, -0.1) is 0 Å². The lowest BCUT2D eigenvalue weighted by Gasteiger charge is -2.01. The average Bonchev–Trinajstić information content (AvgIpc) is 2.03. The fourth-order valence-corrected chi connectivity index (χ4v) is 0.844. The monoisotopic (exact) mass is 168 g/mol. The van der Waals surface area contributed by atoms with Crippen LogP contribution < -0.4 is 11.1 Å². The largest absolute Gasteiger partial charge is 0.393 e. The molecule has 0 aliphatic heterocycles. The molecule has 6 heteroatoms. The highest BCUT2D eigenvalue weighted by Crippen LogP contribution is 2.27. The Labute approximate surface area is 68.6 Å². The molecule has 0 aliphatic carbocycles. The number of hydrogen-bond donors (Lipinski definition) is 2. The number of nitrogens with two attached hydrogens (primary N) is 1. The highest BCUT2D eigenvalue weighted by Gasteiger charge is 2.17. The lowest BCUT2D eigenvalue weighted by Crippen LogP contribution is -2.02. The zero-order valence-electron chi connectivity index (χ0n) is 6.44. The first-order valence-corrected chi connectivity index (χ1v) is 3.23. The van der Waals surface area contributed by atoms with Crippen LogP contribution in [0.3, 0.4) is 0 Å². The van der Waals surface area contributed by atoms with Gasteiger partial charge in [-0.1, -0.05) is 0 Å². The van der Waals surface area contributed by atoms with E-state index in [2.05, 4.69) is 10.3 Å². The van der Waals surface area contributed by atoms with Crippen LogP contribution >= 0.6 is 0 Å². The lowest BCUT2D eigenvalue weighted by atomic mass is 10.3. The van der Waals surface area contributed by atoms with Crippen molar-refractivity contribution in [3.05, 3.63) is 22.4 Å². The molecule has 0 bridgehead atoms. The molecule has 0 amide bonds. The quantitative estimate of drug-likeness (QED) is 0.498. The minimum absolute atomic E-state index is 0.111. The second-order valence-electron chi connectivity index (χ2n) is 2.10. The van der Waals surface area contributed by atoms with Gasteiger partial charge in [-0.05, 0) is 6.07 Å². The van der Waals surface area contributed by atoms with E-state index >= 15 is 0 Å². The number of rotatable bonds is 2. The smallest absolute Gasteiger partial charge is 0.333 e. The maximum atomic E-state index is 10.4. The third-order valence-corrected chi connectivity index (χ3v) is 1.37. The molecular weight excluding hydrogens is 160 g/mol. The van der Waals surface area contributed by atoms with E-state index < -0.39 is 4.92 Å². The van der Waals surface area contributed by atoms with Crippen molar-refractivity contribution in [1.82, 2.24) is 4.98 Å². The van der Waals surface area contributed by atoms with E-state index in [9.17, 15) is 10.1 Å². The number of anilines is 2. The molecule has 0 fully saturated rings. The molecule has 1 rings (SSSR count). The van der Waals surface area contributed by atoms with Crippen molar-refractivity contribution in [2.24, 2.45) is 0 Å². The van der Waals surface area contributed by atoms with Gasteiger partial charge < -0.3 is 11.1 Å². The van der Waals surface area contributed by atoms with E-state index in [0.717, 1.165) is 0 Å². The van der Waals surface area contributed by atoms with Crippen LogP contribution in [0.5, 0.6) is 0 Å². The second kappa shape index (κ2) is 3.04. The number of nitrogens with one attached hydrogen (secondary N) is 1. The Hall–Kier alpha value is -1.85. The molecule has 64 valence electrons. The van der Waals surface area contributed by atoms with Crippen molar-refractivity contribution < 1.29 is 4.92 Å². The van der Waals surface area contributed by atoms with E-state index in [4.69, 9.17) is 5.73 Å². The third kappa shape index (κ3) is 1.26. The fourth-order valence-electron chi connectivity index (χ4n) is 0.844. The van der Waals surface area contributed by atoms with Crippen molar-refractivity contribution in [2.75, 3.05) is 18.1 Å². The molecule has 0 radical (unpaired) electrons. The maximum absolute atomic E-state index is 10.4. The molecule has 12 heavy (non-hydrogen) atoms. The zero-order chi connectivity index (χ0) is 9.14. The van der Waals surface area contributed by atoms with Gasteiger partial charge in [-0.3, -0.25) is 10.1 Å². The summed E-state index contributed by atoms with van der Waals surface area (Å²) in [5, 5.41) is 13.0. The van der Waals surface area contributed by atoms with E-state index in [1.165, 1.54) is 12.3 Å². The topological polar surface area (TPSA) is 94.1 Å². The first-order chi connectivity index (χ1) is 5.66. The van der Waals surface area contributed by atoms with Crippen LogP contribution in [0.2, 0.25) is 0 Å². The third-order valence-electron chi connectivity index (χ3n) is 1.37. The van der Waals surface area contributed by atoms with Crippen LogP contribution in [0.15, 0.2) is 12.3 Å². The average molecular weight is 168 g/mol. The summed E-state index contributed by atoms with van der Waals surface area (Å²) < 4.78 is 0. The number of pyridine rings is 1. The predicted molar refractivity (Wildman–Crippen MR) is 44.9 cm³/mol. The minimum Gasteiger partial charge on any atom is -0.393 e. The standard InChI is InChI=1S/C6H8N4O2/c1-8-6-5(10(11)12)4(7)2-3-9-6/h2-3H,1H3,(H3,7,8,9). The van der Waals surface area contributed by atoms with Crippen LogP contribution in [0, 0.1) is 10.1 Å². The lowest BCUT2D eigenvalue weighted by molar-refractivity contribution is -0.383. The molecule has 0 spiro atoms. The van der Waals surface area contributed by atoms with E-state index in [1.807, 2.05) is 0 Å². The van der Waals surface area contributed by atoms with Gasteiger partial charge in [0.25, 0.3) is 0 Å². The highest BCUT2D eigenvalue weighted by molar-refractivity contribution is 5.70. The second-order valence-corrected chi connectivity index (χ2v) is 2.10. The van der Waals surface area contributed by atoms with Crippen LogP contribution in [0.25, 0.3) is 0 Å². The van der Waals surface area contributed by atoms with Crippen LogP contribution in [0.1, 0.15) is 0 Å². The molecule has 1 aromatic rings. The van der Waals surface area contributed by atoms with Gasteiger partial charge >= 0.3 is 5.69 Å². The summed E-state index contributed by atoms with van der Waals surface area (Å²) in [5.74, 6) is 0.181. The summed E-state index contributed by atoms with van der Waals surface area (Å²) >= 11 is 0. The van der Waals surface area contributed by atoms with Gasteiger partial charge in [0, 0.05) is 13.2 Å². The van der Waals surface area contributed by atoms with Gasteiger partial charge in [-0.25, -0.2) is 4.98 Å². The molecule has 0 atom stereocenters. The minimum atomic E-state index is -0.561. The molecule has 0 saturated heterocycles. The number of hydrogen-bond acceptors (Lipinski definition) is 5.